The zero-order valence-electron chi connectivity index (χ0n) is 16.4. The number of hydrogen-bond acceptors (Lipinski definition) is 5. The third kappa shape index (κ3) is 3.82. The highest BCUT2D eigenvalue weighted by atomic mass is 19.1. The smallest absolute Gasteiger partial charge is 0.261 e. The SMILES string of the molecule is COc1ccccc1N1CCN(CC(F)CN2C(=O)c3ccccc3C2=O)CC1. The molecule has 2 aromatic carbocycles. The minimum absolute atomic E-state index is 0.202. The fraction of sp³-hybridized carbons (Fsp3) is 0.364. The zero-order chi connectivity index (χ0) is 20.4. The van der Waals surface area contributed by atoms with Gasteiger partial charge < -0.3 is 9.64 Å². The number of ether oxygens (including phenoxy) is 1. The van der Waals surface area contributed by atoms with Gasteiger partial charge in [0, 0.05) is 32.7 Å². The van der Waals surface area contributed by atoms with Gasteiger partial charge in [0.2, 0.25) is 0 Å². The highest BCUT2D eigenvalue weighted by molar-refractivity contribution is 6.21. The first-order chi connectivity index (χ1) is 14.1. The molecule has 1 saturated heterocycles. The Balaban J connectivity index is 1.31. The molecule has 2 aliphatic rings. The number of nitrogens with zero attached hydrogens (tertiary/aromatic N) is 3. The lowest BCUT2D eigenvalue weighted by Gasteiger charge is -2.37. The van der Waals surface area contributed by atoms with Crippen LogP contribution in [-0.2, 0) is 0 Å². The van der Waals surface area contributed by atoms with E-state index >= 15 is 0 Å². The summed E-state index contributed by atoms with van der Waals surface area (Å²) in [5, 5.41) is 0. The highest BCUT2D eigenvalue weighted by Gasteiger charge is 2.36. The molecule has 152 valence electrons. The Morgan fingerprint density at radius 3 is 2.10 bits per heavy atom. The van der Waals surface area contributed by atoms with Crippen LogP contribution in [0.1, 0.15) is 20.7 Å². The number of halogens is 1. The molecule has 29 heavy (non-hydrogen) atoms. The summed E-state index contributed by atoms with van der Waals surface area (Å²) in [5.74, 6) is 0.0124. The molecular formula is C22H24FN3O3. The molecule has 0 spiro atoms. The van der Waals surface area contributed by atoms with E-state index in [1.165, 1.54) is 0 Å². The molecule has 0 aliphatic carbocycles. The van der Waals surface area contributed by atoms with Crippen molar-refractivity contribution in [1.29, 1.82) is 0 Å². The van der Waals surface area contributed by atoms with E-state index in [9.17, 15) is 14.0 Å². The second-order valence-corrected chi connectivity index (χ2v) is 7.32. The second kappa shape index (κ2) is 8.21. The summed E-state index contributed by atoms with van der Waals surface area (Å²) in [6, 6.07) is 14.5. The van der Waals surface area contributed by atoms with Gasteiger partial charge in [-0.1, -0.05) is 24.3 Å². The molecule has 7 heteroatoms. The average Bonchev–Trinajstić information content (AvgIpc) is 2.99. The number of hydrogen-bond donors (Lipinski definition) is 0. The number of carbonyl (C=O) groups is 2. The van der Waals surface area contributed by atoms with Crippen molar-refractivity contribution in [2.45, 2.75) is 6.17 Å². The third-order valence-electron chi connectivity index (χ3n) is 5.51. The van der Waals surface area contributed by atoms with Crippen LogP contribution < -0.4 is 9.64 Å². The van der Waals surface area contributed by atoms with E-state index < -0.39 is 18.0 Å². The molecule has 0 N–H and O–H groups in total. The minimum atomic E-state index is -1.28. The minimum Gasteiger partial charge on any atom is -0.495 e. The quantitative estimate of drug-likeness (QED) is 0.701. The zero-order valence-corrected chi connectivity index (χ0v) is 16.4. The molecule has 1 atom stereocenters. The first kappa shape index (κ1) is 19.4. The van der Waals surface area contributed by atoms with Crippen molar-refractivity contribution in [2.24, 2.45) is 0 Å². The number of fused-ring (bicyclic) bond motifs is 1. The van der Waals surface area contributed by atoms with Crippen molar-refractivity contribution in [3.05, 3.63) is 59.7 Å². The predicted molar refractivity (Wildman–Crippen MR) is 108 cm³/mol. The maximum Gasteiger partial charge on any atom is 0.261 e. The summed E-state index contributed by atoms with van der Waals surface area (Å²) >= 11 is 0. The number of anilines is 1. The normalized spacial score (nSPS) is 18.1. The van der Waals surface area contributed by atoms with Crippen molar-refractivity contribution in [1.82, 2.24) is 9.80 Å². The maximum absolute atomic E-state index is 14.7. The van der Waals surface area contributed by atoms with Crippen LogP contribution >= 0.6 is 0 Å². The van der Waals surface area contributed by atoms with E-state index in [-0.39, 0.29) is 13.1 Å². The Labute approximate surface area is 169 Å². The molecule has 0 bridgehead atoms. The lowest BCUT2D eigenvalue weighted by Crippen LogP contribution is -2.49. The van der Waals surface area contributed by atoms with Gasteiger partial charge in [-0.25, -0.2) is 4.39 Å². The molecule has 2 heterocycles. The molecule has 0 saturated carbocycles. The molecule has 0 radical (unpaired) electrons. The number of benzene rings is 2. The molecule has 1 unspecified atom stereocenters. The average molecular weight is 397 g/mol. The molecule has 2 amide bonds. The van der Waals surface area contributed by atoms with Crippen LogP contribution in [0.5, 0.6) is 5.75 Å². The molecular weight excluding hydrogens is 373 g/mol. The van der Waals surface area contributed by atoms with Crippen molar-refractivity contribution < 1.29 is 18.7 Å². The number of amides is 2. The summed E-state index contributed by atoms with van der Waals surface area (Å²) < 4.78 is 20.2. The number of para-hydroxylation sites is 2. The second-order valence-electron chi connectivity index (χ2n) is 7.32. The molecule has 1 fully saturated rings. The standard InChI is InChI=1S/C22H24FN3O3/c1-29-20-9-5-4-8-19(20)25-12-10-24(11-13-25)14-16(23)15-26-21(27)17-6-2-3-7-18(17)22(26)28/h2-9,16H,10-15H2,1H3. The monoisotopic (exact) mass is 397 g/mol. The number of carbonyl (C=O) groups excluding carboxylic acids is 2. The largest absolute Gasteiger partial charge is 0.495 e. The number of methoxy groups -OCH3 is 1. The van der Waals surface area contributed by atoms with Crippen LogP contribution in [0.25, 0.3) is 0 Å². The molecule has 2 aromatic rings. The maximum atomic E-state index is 14.7. The van der Waals surface area contributed by atoms with Crippen LogP contribution in [0, 0.1) is 0 Å². The fourth-order valence-electron chi connectivity index (χ4n) is 4.00. The molecule has 0 aromatic heterocycles. The Kier molecular flexibility index (Phi) is 5.49. The van der Waals surface area contributed by atoms with Crippen LogP contribution in [0.15, 0.2) is 48.5 Å². The summed E-state index contributed by atoms with van der Waals surface area (Å²) in [6.07, 6.45) is -1.28. The lowest BCUT2D eigenvalue weighted by molar-refractivity contribution is 0.0587. The van der Waals surface area contributed by atoms with Gasteiger partial charge in [0.15, 0.2) is 0 Å². The van der Waals surface area contributed by atoms with Crippen LogP contribution in [0.4, 0.5) is 10.1 Å². The first-order valence-electron chi connectivity index (χ1n) is 9.78. The Hall–Kier alpha value is -2.93. The highest BCUT2D eigenvalue weighted by Crippen LogP contribution is 2.28. The van der Waals surface area contributed by atoms with Gasteiger partial charge in [-0.05, 0) is 24.3 Å². The van der Waals surface area contributed by atoms with Gasteiger partial charge in [0.05, 0.1) is 30.5 Å². The van der Waals surface area contributed by atoms with E-state index in [0.717, 1.165) is 29.4 Å². The van der Waals surface area contributed by atoms with E-state index in [1.54, 1.807) is 31.4 Å². The van der Waals surface area contributed by atoms with E-state index in [2.05, 4.69) is 4.90 Å². The number of piperazine rings is 1. The Bertz CT molecular complexity index is 877. The van der Waals surface area contributed by atoms with Crippen molar-refractivity contribution in [2.75, 3.05) is 51.3 Å². The van der Waals surface area contributed by atoms with Gasteiger partial charge in [-0.3, -0.25) is 19.4 Å². The van der Waals surface area contributed by atoms with Crippen LogP contribution in [0.2, 0.25) is 0 Å². The van der Waals surface area contributed by atoms with Gasteiger partial charge in [0.1, 0.15) is 11.9 Å². The van der Waals surface area contributed by atoms with Gasteiger partial charge in [0.25, 0.3) is 11.8 Å². The summed E-state index contributed by atoms with van der Waals surface area (Å²) in [5.41, 5.74) is 1.75. The topological polar surface area (TPSA) is 53.1 Å². The Morgan fingerprint density at radius 2 is 1.48 bits per heavy atom. The Morgan fingerprint density at radius 1 is 0.897 bits per heavy atom. The lowest BCUT2D eigenvalue weighted by atomic mass is 10.1. The van der Waals surface area contributed by atoms with E-state index in [1.807, 2.05) is 29.2 Å². The third-order valence-corrected chi connectivity index (χ3v) is 5.51. The number of rotatable bonds is 6. The van der Waals surface area contributed by atoms with Crippen molar-refractivity contribution in [3.63, 3.8) is 0 Å². The van der Waals surface area contributed by atoms with Gasteiger partial charge in [-0.15, -0.1) is 0 Å². The number of imide groups is 1. The summed E-state index contributed by atoms with van der Waals surface area (Å²) in [7, 11) is 1.65. The van der Waals surface area contributed by atoms with Gasteiger partial charge >= 0.3 is 0 Å². The fourth-order valence-corrected chi connectivity index (χ4v) is 4.00. The summed E-state index contributed by atoms with van der Waals surface area (Å²) in [4.78, 5) is 30.1. The molecule has 6 nitrogen and oxygen atoms in total. The van der Waals surface area contributed by atoms with Gasteiger partial charge in [-0.2, -0.15) is 0 Å². The van der Waals surface area contributed by atoms with Crippen LogP contribution in [-0.4, -0.2) is 74.2 Å². The van der Waals surface area contributed by atoms with E-state index in [0.29, 0.717) is 24.2 Å². The van der Waals surface area contributed by atoms with Crippen molar-refractivity contribution in [3.8, 4) is 5.75 Å². The first-order valence-corrected chi connectivity index (χ1v) is 9.78. The summed E-state index contributed by atoms with van der Waals surface area (Å²) in [6.45, 7) is 2.94. The van der Waals surface area contributed by atoms with Crippen molar-refractivity contribution >= 4 is 17.5 Å². The number of alkyl halides is 1. The van der Waals surface area contributed by atoms with E-state index in [4.69, 9.17) is 4.74 Å². The predicted octanol–water partition coefficient (Wildman–Crippen LogP) is 2.45. The van der Waals surface area contributed by atoms with Crippen LogP contribution in [0.3, 0.4) is 0 Å². The molecule has 4 rings (SSSR count). The molecule has 2 aliphatic heterocycles.